The van der Waals surface area contributed by atoms with Gasteiger partial charge in [-0.25, -0.2) is 0 Å². The Balaban J connectivity index is 2.36. The molecule has 2 rings (SSSR count). The second-order valence-corrected chi connectivity index (χ2v) is 6.19. The van der Waals surface area contributed by atoms with Gasteiger partial charge in [0.15, 0.2) is 0 Å². The third-order valence-electron chi connectivity index (χ3n) is 4.90. The van der Waals surface area contributed by atoms with E-state index in [0.29, 0.717) is 6.54 Å². The van der Waals surface area contributed by atoms with Gasteiger partial charge in [0.1, 0.15) is 0 Å². The highest BCUT2D eigenvalue weighted by Crippen LogP contribution is 2.45. The van der Waals surface area contributed by atoms with Crippen LogP contribution >= 0.6 is 0 Å². The molecule has 1 aromatic carbocycles. The van der Waals surface area contributed by atoms with Gasteiger partial charge in [0.05, 0.1) is 6.10 Å². The molecule has 0 aliphatic heterocycles. The van der Waals surface area contributed by atoms with Crippen LogP contribution in [0.2, 0.25) is 0 Å². The van der Waals surface area contributed by atoms with Crippen LogP contribution < -0.4 is 5.73 Å². The van der Waals surface area contributed by atoms with Gasteiger partial charge in [0.2, 0.25) is 0 Å². The summed E-state index contributed by atoms with van der Waals surface area (Å²) in [5.41, 5.74) is 9.44. The van der Waals surface area contributed by atoms with Crippen LogP contribution in [0.3, 0.4) is 0 Å². The first kappa shape index (κ1) is 14.5. The van der Waals surface area contributed by atoms with Crippen molar-refractivity contribution in [2.75, 3.05) is 6.54 Å². The van der Waals surface area contributed by atoms with Crippen LogP contribution in [0, 0.1) is 19.3 Å². The monoisotopic (exact) mass is 261 g/mol. The van der Waals surface area contributed by atoms with E-state index >= 15 is 0 Å². The van der Waals surface area contributed by atoms with E-state index in [9.17, 15) is 5.11 Å². The Morgan fingerprint density at radius 2 is 1.63 bits per heavy atom. The molecular formula is C17H27NO. The number of aryl methyl sites for hydroxylation is 2. The molecule has 1 aromatic rings. The number of benzene rings is 1. The first-order valence-corrected chi connectivity index (χ1v) is 7.55. The Labute approximate surface area is 117 Å². The molecule has 1 atom stereocenters. The number of rotatable bonds is 3. The summed E-state index contributed by atoms with van der Waals surface area (Å²) in [6.07, 6.45) is 6.63. The Kier molecular flexibility index (Phi) is 4.64. The summed E-state index contributed by atoms with van der Waals surface area (Å²) in [5.74, 6) is 0. The van der Waals surface area contributed by atoms with E-state index in [1.54, 1.807) is 0 Å². The van der Waals surface area contributed by atoms with Crippen molar-refractivity contribution >= 4 is 0 Å². The van der Waals surface area contributed by atoms with Gasteiger partial charge in [-0.15, -0.1) is 0 Å². The van der Waals surface area contributed by atoms with Crippen LogP contribution in [-0.4, -0.2) is 11.7 Å². The van der Waals surface area contributed by atoms with Crippen molar-refractivity contribution in [1.29, 1.82) is 0 Å². The predicted octanol–water partition coefficient (Wildman–Crippen LogP) is 3.64. The van der Waals surface area contributed by atoms with E-state index in [0.717, 1.165) is 18.4 Å². The molecule has 2 heteroatoms. The number of hydrogen-bond acceptors (Lipinski definition) is 2. The summed E-state index contributed by atoms with van der Waals surface area (Å²) in [7, 11) is 0. The lowest BCUT2D eigenvalue weighted by Crippen LogP contribution is -2.37. The van der Waals surface area contributed by atoms with Gasteiger partial charge in [-0.05, 0) is 43.4 Å². The molecule has 3 N–H and O–H groups in total. The van der Waals surface area contributed by atoms with Crippen molar-refractivity contribution in [3.63, 3.8) is 0 Å². The van der Waals surface area contributed by atoms with Gasteiger partial charge >= 0.3 is 0 Å². The largest absolute Gasteiger partial charge is 0.388 e. The minimum absolute atomic E-state index is 0.118. The summed E-state index contributed by atoms with van der Waals surface area (Å²) in [5, 5.41) is 11.0. The maximum Gasteiger partial charge on any atom is 0.0863 e. The molecule has 0 spiro atoms. The maximum absolute atomic E-state index is 11.0. The molecule has 1 saturated carbocycles. The third kappa shape index (κ3) is 2.85. The molecule has 106 valence electrons. The fraction of sp³-hybridized carbons (Fsp3) is 0.647. The van der Waals surface area contributed by atoms with E-state index < -0.39 is 6.10 Å². The van der Waals surface area contributed by atoms with Gasteiger partial charge in [0.25, 0.3) is 0 Å². The summed E-state index contributed by atoms with van der Waals surface area (Å²) < 4.78 is 0. The Bertz CT molecular complexity index is 399. The van der Waals surface area contributed by atoms with E-state index in [2.05, 4.69) is 32.0 Å². The Morgan fingerprint density at radius 1 is 1.11 bits per heavy atom. The second kappa shape index (κ2) is 6.06. The number of aliphatic hydroxyl groups excluding tert-OH is 1. The van der Waals surface area contributed by atoms with Gasteiger partial charge < -0.3 is 10.8 Å². The molecule has 0 radical (unpaired) electrons. The van der Waals surface area contributed by atoms with Crippen molar-refractivity contribution in [3.8, 4) is 0 Å². The molecule has 0 aromatic heterocycles. The fourth-order valence-corrected chi connectivity index (χ4v) is 3.59. The predicted molar refractivity (Wildman–Crippen MR) is 80.1 cm³/mol. The molecule has 0 heterocycles. The highest BCUT2D eigenvalue weighted by atomic mass is 16.3. The second-order valence-electron chi connectivity index (χ2n) is 6.19. The average Bonchev–Trinajstić information content (AvgIpc) is 2.64. The van der Waals surface area contributed by atoms with Crippen LogP contribution in [0.5, 0.6) is 0 Å². The lowest BCUT2D eigenvalue weighted by atomic mass is 9.71. The Hall–Kier alpha value is -0.860. The lowest BCUT2D eigenvalue weighted by molar-refractivity contribution is 0.0158. The molecule has 1 unspecified atom stereocenters. The average molecular weight is 261 g/mol. The summed E-state index contributed by atoms with van der Waals surface area (Å²) in [6, 6.07) is 6.24. The number of aliphatic hydroxyl groups is 1. The summed E-state index contributed by atoms with van der Waals surface area (Å²) in [6.45, 7) is 4.76. The van der Waals surface area contributed by atoms with Crippen LogP contribution in [0.25, 0.3) is 0 Å². The molecule has 0 amide bonds. The zero-order chi connectivity index (χ0) is 13.9. The molecule has 1 aliphatic rings. The zero-order valence-electron chi connectivity index (χ0n) is 12.3. The van der Waals surface area contributed by atoms with Crippen molar-refractivity contribution in [2.45, 2.75) is 58.5 Å². The third-order valence-corrected chi connectivity index (χ3v) is 4.90. The Morgan fingerprint density at radius 3 is 2.11 bits per heavy atom. The smallest absolute Gasteiger partial charge is 0.0863 e. The maximum atomic E-state index is 11.0. The minimum atomic E-state index is -0.420. The molecule has 1 fully saturated rings. The van der Waals surface area contributed by atoms with E-state index in [4.69, 9.17) is 5.73 Å². The highest BCUT2D eigenvalue weighted by molar-refractivity contribution is 5.36. The van der Waals surface area contributed by atoms with Gasteiger partial charge in [-0.1, -0.05) is 43.9 Å². The minimum Gasteiger partial charge on any atom is -0.388 e. The van der Waals surface area contributed by atoms with E-state index in [1.807, 2.05) is 0 Å². The molecule has 2 nitrogen and oxygen atoms in total. The van der Waals surface area contributed by atoms with Crippen LogP contribution in [0.15, 0.2) is 18.2 Å². The van der Waals surface area contributed by atoms with Gasteiger partial charge in [0, 0.05) is 12.0 Å². The summed E-state index contributed by atoms with van der Waals surface area (Å²) >= 11 is 0. The first-order valence-electron chi connectivity index (χ1n) is 7.55. The number of nitrogens with two attached hydrogens (primary N) is 1. The SMILES string of the molecule is Cc1cccc(C)c1C(O)C1(CN)CCCCCC1. The molecule has 0 bridgehead atoms. The van der Waals surface area contributed by atoms with Gasteiger partial charge in [-0.2, -0.15) is 0 Å². The molecule has 19 heavy (non-hydrogen) atoms. The van der Waals surface area contributed by atoms with Crippen LogP contribution in [-0.2, 0) is 0 Å². The van der Waals surface area contributed by atoms with Crippen molar-refractivity contribution < 1.29 is 5.11 Å². The van der Waals surface area contributed by atoms with Crippen LogP contribution in [0.4, 0.5) is 0 Å². The van der Waals surface area contributed by atoms with Crippen LogP contribution in [0.1, 0.15) is 61.3 Å². The van der Waals surface area contributed by atoms with Crippen molar-refractivity contribution in [2.24, 2.45) is 11.1 Å². The fourth-order valence-electron chi connectivity index (χ4n) is 3.59. The summed E-state index contributed by atoms with van der Waals surface area (Å²) in [4.78, 5) is 0. The van der Waals surface area contributed by atoms with Crippen molar-refractivity contribution in [3.05, 3.63) is 34.9 Å². The quantitative estimate of drug-likeness (QED) is 0.816. The molecule has 1 aliphatic carbocycles. The van der Waals surface area contributed by atoms with E-state index in [1.165, 1.54) is 36.8 Å². The topological polar surface area (TPSA) is 46.2 Å². The zero-order valence-corrected chi connectivity index (χ0v) is 12.3. The van der Waals surface area contributed by atoms with Crippen molar-refractivity contribution in [1.82, 2.24) is 0 Å². The lowest BCUT2D eigenvalue weighted by Gasteiger charge is -2.38. The molecule has 0 saturated heterocycles. The first-order chi connectivity index (χ1) is 9.10. The number of hydrogen-bond donors (Lipinski definition) is 2. The van der Waals surface area contributed by atoms with Gasteiger partial charge in [-0.3, -0.25) is 0 Å². The highest BCUT2D eigenvalue weighted by Gasteiger charge is 2.38. The normalized spacial score (nSPS) is 20.8. The molecular weight excluding hydrogens is 234 g/mol. The van der Waals surface area contributed by atoms with E-state index in [-0.39, 0.29) is 5.41 Å². The standard InChI is InChI=1S/C17H27NO/c1-13-8-7-9-14(2)15(13)16(19)17(12-18)10-5-3-4-6-11-17/h7-9,16,19H,3-6,10-12,18H2,1-2H3.